The standard InChI is InChI=1S/C18H23NS/c1-12-5-4-6-15(9-12)16-10-17(11-16)19-14(3)18-8-7-13(2)20-18/h4-9,14,16-17,19H,10-11H2,1-3H3. The van der Waals surface area contributed by atoms with Gasteiger partial charge in [-0.15, -0.1) is 11.3 Å². The number of aryl methyl sites for hydroxylation is 2. The van der Waals surface area contributed by atoms with E-state index >= 15 is 0 Å². The Morgan fingerprint density at radius 2 is 1.95 bits per heavy atom. The van der Waals surface area contributed by atoms with Gasteiger partial charge >= 0.3 is 0 Å². The molecular weight excluding hydrogens is 262 g/mol. The summed E-state index contributed by atoms with van der Waals surface area (Å²) in [5, 5.41) is 3.77. The minimum absolute atomic E-state index is 0.483. The van der Waals surface area contributed by atoms with Gasteiger partial charge in [0.05, 0.1) is 0 Å². The smallest absolute Gasteiger partial charge is 0.0388 e. The monoisotopic (exact) mass is 285 g/mol. The van der Waals surface area contributed by atoms with E-state index in [-0.39, 0.29) is 0 Å². The fourth-order valence-corrected chi connectivity index (χ4v) is 3.96. The largest absolute Gasteiger partial charge is 0.307 e. The highest BCUT2D eigenvalue weighted by molar-refractivity contribution is 7.12. The van der Waals surface area contributed by atoms with Crippen LogP contribution in [0.3, 0.4) is 0 Å². The Labute approximate surface area is 126 Å². The molecule has 2 aromatic rings. The summed E-state index contributed by atoms with van der Waals surface area (Å²) in [6, 6.07) is 14.6. The van der Waals surface area contributed by atoms with Crippen LogP contribution in [0.25, 0.3) is 0 Å². The number of hydrogen-bond donors (Lipinski definition) is 1. The summed E-state index contributed by atoms with van der Waals surface area (Å²) < 4.78 is 0. The van der Waals surface area contributed by atoms with Crippen LogP contribution in [0.15, 0.2) is 36.4 Å². The van der Waals surface area contributed by atoms with Crippen molar-refractivity contribution in [3.05, 3.63) is 57.3 Å². The molecule has 1 aromatic heterocycles. The lowest BCUT2D eigenvalue weighted by atomic mass is 9.75. The molecular formula is C18H23NS. The molecule has 1 N–H and O–H groups in total. The summed E-state index contributed by atoms with van der Waals surface area (Å²) in [5.41, 5.74) is 2.89. The molecule has 1 saturated carbocycles. The molecule has 1 aliphatic rings. The molecule has 106 valence electrons. The third kappa shape index (κ3) is 2.97. The molecule has 1 heterocycles. The van der Waals surface area contributed by atoms with Crippen molar-refractivity contribution >= 4 is 11.3 Å². The summed E-state index contributed by atoms with van der Waals surface area (Å²) in [5.74, 6) is 0.754. The van der Waals surface area contributed by atoms with Gasteiger partial charge in [-0.2, -0.15) is 0 Å². The van der Waals surface area contributed by atoms with E-state index in [0.29, 0.717) is 12.1 Å². The van der Waals surface area contributed by atoms with E-state index < -0.39 is 0 Å². The first kappa shape index (κ1) is 13.8. The highest BCUT2D eigenvalue weighted by Crippen LogP contribution is 2.38. The van der Waals surface area contributed by atoms with E-state index in [9.17, 15) is 0 Å². The van der Waals surface area contributed by atoms with E-state index in [1.165, 1.54) is 33.7 Å². The number of rotatable bonds is 4. The van der Waals surface area contributed by atoms with Crippen LogP contribution in [-0.2, 0) is 0 Å². The van der Waals surface area contributed by atoms with Gasteiger partial charge in [-0.3, -0.25) is 0 Å². The highest BCUT2D eigenvalue weighted by atomic mass is 32.1. The van der Waals surface area contributed by atoms with E-state index in [1.54, 1.807) is 0 Å². The van der Waals surface area contributed by atoms with Crippen LogP contribution >= 0.6 is 11.3 Å². The maximum absolute atomic E-state index is 3.77. The first-order valence-electron chi connectivity index (χ1n) is 7.51. The van der Waals surface area contributed by atoms with Crippen LogP contribution in [0.4, 0.5) is 0 Å². The minimum Gasteiger partial charge on any atom is -0.307 e. The normalized spacial score (nSPS) is 23.4. The van der Waals surface area contributed by atoms with Crippen molar-refractivity contribution in [3.63, 3.8) is 0 Å². The fraction of sp³-hybridized carbons (Fsp3) is 0.444. The molecule has 0 saturated heterocycles. The van der Waals surface area contributed by atoms with E-state index in [4.69, 9.17) is 0 Å². The van der Waals surface area contributed by atoms with Crippen LogP contribution in [-0.4, -0.2) is 6.04 Å². The molecule has 1 nitrogen and oxygen atoms in total. The third-order valence-electron chi connectivity index (χ3n) is 4.33. The van der Waals surface area contributed by atoms with Crippen molar-refractivity contribution < 1.29 is 0 Å². The quantitative estimate of drug-likeness (QED) is 0.837. The van der Waals surface area contributed by atoms with Gasteiger partial charge in [-0.1, -0.05) is 29.8 Å². The van der Waals surface area contributed by atoms with E-state index in [0.717, 1.165) is 5.92 Å². The molecule has 0 aliphatic heterocycles. The Balaban J connectivity index is 1.53. The van der Waals surface area contributed by atoms with Crippen LogP contribution in [0.2, 0.25) is 0 Å². The van der Waals surface area contributed by atoms with Gasteiger partial charge in [0.15, 0.2) is 0 Å². The molecule has 1 aliphatic carbocycles. The van der Waals surface area contributed by atoms with Gasteiger partial charge in [-0.05, 0) is 57.2 Å². The van der Waals surface area contributed by atoms with Crippen molar-refractivity contribution in [1.29, 1.82) is 0 Å². The second-order valence-corrected chi connectivity index (χ2v) is 7.44. The number of thiophene rings is 1. The van der Waals surface area contributed by atoms with Gasteiger partial charge in [0.2, 0.25) is 0 Å². The predicted octanol–water partition coefficient (Wildman–Crippen LogP) is 4.96. The zero-order valence-corrected chi connectivity index (χ0v) is 13.3. The molecule has 1 atom stereocenters. The summed E-state index contributed by atoms with van der Waals surface area (Å²) in [6.07, 6.45) is 2.55. The topological polar surface area (TPSA) is 12.0 Å². The number of nitrogens with one attached hydrogen (secondary N) is 1. The molecule has 2 heteroatoms. The van der Waals surface area contributed by atoms with E-state index in [2.05, 4.69) is 62.5 Å². The zero-order chi connectivity index (χ0) is 14.1. The average molecular weight is 285 g/mol. The zero-order valence-electron chi connectivity index (χ0n) is 12.5. The van der Waals surface area contributed by atoms with Crippen LogP contribution in [0.5, 0.6) is 0 Å². The molecule has 1 aromatic carbocycles. The molecule has 3 rings (SSSR count). The third-order valence-corrected chi connectivity index (χ3v) is 5.51. The lowest BCUT2D eigenvalue weighted by Gasteiger charge is -2.38. The molecule has 1 fully saturated rings. The van der Waals surface area contributed by atoms with Gasteiger partial charge < -0.3 is 5.32 Å². The second-order valence-electron chi connectivity index (χ2n) is 6.12. The van der Waals surface area contributed by atoms with Crippen LogP contribution in [0.1, 0.15) is 52.6 Å². The average Bonchev–Trinajstić information content (AvgIpc) is 2.80. The van der Waals surface area contributed by atoms with Gasteiger partial charge in [0.1, 0.15) is 0 Å². The summed E-state index contributed by atoms with van der Waals surface area (Å²) in [4.78, 5) is 2.86. The number of hydrogen-bond acceptors (Lipinski definition) is 2. The van der Waals surface area contributed by atoms with Gasteiger partial charge in [-0.25, -0.2) is 0 Å². The summed E-state index contributed by atoms with van der Waals surface area (Å²) in [6.45, 7) is 6.64. The van der Waals surface area contributed by atoms with Crippen molar-refractivity contribution in [2.75, 3.05) is 0 Å². The maximum atomic E-state index is 3.77. The van der Waals surface area contributed by atoms with Crippen LogP contribution < -0.4 is 5.32 Å². The summed E-state index contributed by atoms with van der Waals surface area (Å²) in [7, 11) is 0. The first-order valence-corrected chi connectivity index (χ1v) is 8.32. The van der Waals surface area contributed by atoms with Crippen molar-refractivity contribution in [2.45, 2.75) is 51.6 Å². The maximum Gasteiger partial charge on any atom is 0.0388 e. The van der Waals surface area contributed by atoms with Gasteiger partial charge in [0.25, 0.3) is 0 Å². The second kappa shape index (κ2) is 5.71. The lowest BCUT2D eigenvalue weighted by Crippen LogP contribution is -2.41. The molecule has 20 heavy (non-hydrogen) atoms. The molecule has 0 amide bonds. The Bertz CT molecular complexity index is 581. The SMILES string of the molecule is Cc1cccc(C2CC(NC(C)c3ccc(C)s3)C2)c1. The van der Waals surface area contributed by atoms with Crippen molar-refractivity contribution in [2.24, 2.45) is 0 Å². The molecule has 0 spiro atoms. The Hall–Kier alpha value is -1.12. The summed E-state index contributed by atoms with van der Waals surface area (Å²) >= 11 is 1.91. The molecule has 1 unspecified atom stereocenters. The van der Waals surface area contributed by atoms with Gasteiger partial charge in [0, 0.05) is 21.8 Å². The minimum atomic E-state index is 0.483. The highest BCUT2D eigenvalue weighted by Gasteiger charge is 2.31. The van der Waals surface area contributed by atoms with Crippen molar-refractivity contribution in [3.8, 4) is 0 Å². The predicted molar refractivity (Wildman–Crippen MR) is 87.5 cm³/mol. The fourth-order valence-electron chi connectivity index (χ4n) is 3.07. The van der Waals surface area contributed by atoms with Crippen LogP contribution in [0, 0.1) is 13.8 Å². The van der Waals surface area contributed by atoms with E-state index in [1.807, 2.05) is 11.3 Å². The van der Waals surface area contributed by atoms with Crippen molar-refractivity contribution in [1.82, 2.24) is 5.32 Å². The first-order chi connectivity index (χ1) is 9.61. The molecule has 0 bridgehead atoms. The molecule has 0 radical (unpaired) electrons. The Morgan fingerprint density at radius 3 is 2.60 bits per heavy atom. The Morgan fingerprint density at radius 1 is 1.15 bits per heavy atom. The Kier molecular flexibility index (Phi) is 3.95. The number of benzene rings is 1. The lowest BCUT2D eigenvalue weighted by molar-refractivity contribution is 0.272.